The zero-order valence-corrected chi connectivity index (χ0v) is 13.0. The Labute approximate surface area is 108 Å². The lowest BCUT2D eigenvalue weighted by molar-refractivity contribution is 0.407. The van der Waals surface area contributed by atoms with E-state index in [0.717, 1.165) is 12.2 Å². The zero-order valence-electron chi connectivity index (χ0n) is 13.0. The van der Waals surface area contributed by atoms with E-state index in [0.29, 0.717) is 0 Å². The van der Waals surface area contributed by atoms with Gasteiger partial charge < -0.3 is 4.74 Å². The zero-order chi connectivity index (χ0) is 13.8. The Morgan fingerprint density at radius 3 is 1.82 bits per heavy atom. The molecule has 0 aliphatic heterocycles. The first-order valence-electron chi connectivity index (χ1n) is 6.74. The van der Waals surface area contributed by atoms with Gasteiger partial charge in [0.05, 0.1) is 7.11 Å². The van der Waals surface area contributed by atoms with Crippen LogP contribution in [0.15, 0.2) is 12.1 Å². The summed E-state index contributed by atoms with van der Waals surface area (Å²) in [7, 11) is 1.73. The van der Waals surface area contributed by atoms with E-state index in [-0.39, 0.29) is 0 Å². The Morgan fingerprint density at radius 1 is 1.00 bits per heavy atom. The van der Waals surface area contributed by atoms with Crippen molar-refractivity contribution in [3.8, 4) is 5.75 Å². The van der Waals surface area contributed by atoms with E-state index < -0.39 is 0 Å². The van der Waals surface area contributed by atoms with Crippen molar-refractivity contribution in [1.29, 1.82) is 0 Å². The largest absolute Gasteiger partial charge is 0.496 e. The van der Waals surface area contributed by atoms with Gasteiger partial charge in [-0.05, 0) is 31.4 Å². The third kappa shape index (κ3) is 7.04. The molecule has 0 bridgehead atoms. The van der Waals surface area contributed by atoms with E-state index in [1.54, 1.807) is 7.11 Å². The summed E-state index contributed by atoms with van der Waals surface area (Å²) >= 11 is 0. The van der Waals surface area contributed by atoms with Crippen molar-refractivity contribution in [1.82, 2.24) is 0 Å². The number of benzene rings is 1. The SMILES string of the molecule is CC.CCC.CCc1cc(C)cc(C)c1OC. The van der Waals surface area contributed by atoms with Gasteiger partial charge in [-0.15, -0.1) is 0 Å². The van der Waals surface area contributed by atoms with Gasteiger partial charge in [0.1, 0.15) is 5.75 Å². The second-order valence-corrected chi connectivity index (χ2v) is 3.83. The van der Waals surface area contributed by atoms with Crippen molar-refractivity contribution >= 4 is 0 Å². The van der Waals surface area contributed by atoms with Gasteiger partial charge in [-0.2, -0.15) is 0 Å². The van der Waals surface area contributed by atoms with E-state index in [1.807, 2.05) is 13.8 Å². The highest BCUT2D eigenvalue weighted by molar-refractivity contribution is 5.43. The molecule has 0 amide bonds. The minimum atomic E-state index is 1.03. The smallest absolute Gasteiger partial charge is 0.124 e. The first-order chi connectivity index (χ1) is 8.10. The molecule has 0 N–H and O–H groups in total. The van der Waals surface area contributed by atoms with Crippen LogP contribution < -0.4 is 4.74 Å². The average molecular weight is 238 g/mol. The summed E-state index contributed by atoms with van der Waals surface area (Å²) in [6, 6.07) is 4.34. The summed E-state index contributed by atoms with van der Waals surface area (Å²) in [4.78, 5) is 0. The Bertz CT molecular complexity index is 290. The number of aryl methyl sites for hydroxylation is 3. The normalized spacial score (nSPS) is 8.47. The van der Waals surface area contributed by atoms with Crippen molar-refractivity contribution in [2.24, 2.45) is 0 Å². The van der Waals surface area contributed by atoms with Crippen LogP contribution in [-0.2, 0) is 6.42 Å². The summed E-state index contributed by atoms with van der Waals surface area (Å²) in [5.74, 6) is 1.04. The van der Waals surface area contributed by atoms with Gasteiger partial charge in [-0.25, -0.2) is 0 Å². The molecule has 0 radical (unpaired) electrons. The lowest BCUT2D eigenvalue weighted by Crippen LogP contribution is -1.94. The molecule has 0 aliphatic rings. The molecular formula is C16H30O. The summed E-state index contributed by atoms with van der Waals surface area (Å²) < 4.78 is 5.32. The van der Waals surface area contributed by atoms with Crippen LogP contribution in [0.3, 0.4) is 0 Å². The van der Waals surface area contributed by atoms with E-state index in [2.05, 4.69) is 46.8 Å². The average Bonchev–Trinajstić information content (AvgIpc) is 2.31. The standard InChI is InChI=1S/C11H16O.C3H8.C2H6/c1-5-10-7-8(2)6-9(3)11(10)12-4;1-3-2;1-2/h6-7H,5H2,1-4H3;3H2,1-2H3;1-2H3. The van der Waals surface area contributed by atoms with Crippen molar-refractivity contribution in [3.05, 3.63) is 28.8 Å². The maximum absolute atomic E-state index is 5.32. The highest BCUT2D eigenvalue weighted by atomic mass is 16.5. The first-order valence-corrected chi connectivity index (χ1v) is 6.74. The molecule has 0 heterocycles. The Morgan fingerprint density at radius 2 is 1.47 bits per heavy atom. The van der Waals surface area contributed by atoms with Gasteiger partial charge in [-0.1, -0.05) is 58.7 Å². The van der Waals surface area contributed by atoms with Crippen LogP contribution in [0.5, 0.6) is 5.75 Å². The fourth-order valence-corrected chi connectivity index (χ4v) is 1.60. The maximum Gasteiger partial charge on any atom is 0.124 e. The first kappa shape index (κ1) is 18.4. The van der Waals surface area contributed by atoms with Crippen LogP contribution >= 0.6 is 0 Å². The van der Waals surface area contributed by atoms with Gasteiger partial charge in [-0.3, -0.25) is 0 Å². The molecule has 17 heavy (non-hydrogen) atoms. The summed E-state index contributed by atoms with van der Waals surface area (Å²) in [6.07, 6.45) is 2.28. The molecule has 1 nitrogen and oxygen atoms in total. The second-order valence-electron chi connectivity index (χ2n) is 3.83. The molecule has 0 spiro atoms. The Balaban J connectivity index is 0. The van der Waals surface area contributed by atoms with Crippen molar-refractivity contribution in [2.45, 2.75) is 61.3 Å². The van der Waals surface area contributed by atoms with E-state index in [4.69, 9.17) is 4.74 Å². The molecule has 0 atom stereocenters. The predicted molar refractivity (Wildman–Crippen MR) is 79.2 cm³/mol. The van der Waals surface area contributed by atoms with Gasteiger partial charge in [0, 0.05) is 0 Å². The van der Waals surface area contributed by atoms with E-state index in [1.165, 1.54) is 23.1 Å². The van der Waals surface area contributed by atoms with E-state index in [9.17, 15) is 0 Å². The summed E-state index contributed by atoms with van der Waals surface area (Å²) in [6.45, 7) is 14.6. The Hall–Kier alpha value is -0.980. The van der Waals surface area contributed by atoms with Crippen molar-refractivity contribution in [3.63, 3.8) is 0 Å². The summed E-state index contributed by atoms with van der Waals surface area (Å²) in [5.41, 5.74) is 3.84. The van der Waals surface area contributed by atoms with Gasteiger partial charge >= 0.3 is 0 Å². The monoisotopic (exact) mass is 238 g/mol. The highest BCUT2D eigenvalue weighted by Gasteiger charge is 2.04. The van der Waals surface area contributed by atoms with E-state index >= 15 is 0 Å². The molecule has 0 fully saturated rings. The summed E-state index contributed by atoms with van der Waals surface area (Å²) in [5, 5.41) is 0. The van der Waals surface area contributed by atoms with Crippen LogP contribution in [-0.4, -0.2) is 7.11 Å². The molecule has 100 valence electrons. The van der Waals surface area contributed by atoms with Gasteiger partial charge in [0.2, 0.25) is 0 Å². The van der Waals surface area contributed by atoms with Crippen molar-refractivity contribution in [2.75, 3.05) is 7.11 Å². The highest BCUT2D eigenvalue weighted by Crippen LogP contribution is 2.24. The molecule has 1 rings (SSSR count). The molecule has 1 aromatic carbocycles. The molecule has 1 heteroatoms. The van der Waals surface area contributed by atoms with Crippen LogP contribution in [0.2, 0.25) is 0 Å². The molecule has 0 unspecified atom stereocenters. The third-order valence-electron chi connectivity index (χ3n) is 2.08. The molecule has 0 saturated heterocycles. The second kappa shape index (κ2) is 11.5. The lowest BCUT2D eigenvalue weighted by atomic mass is 10.0. The fourth-order valence-electron chi connectivity index (χ4n) is 1.60. The Kier molecular flexibility index (Phi) is 12.4. The number of rotatable bonds is 2. The van der Waals surface area contributed by atoms with Crippen LogP contribution in [0.25, 0.3) is 0 Å². The molecule has 0 saturated carbocycles. The molecule has 1 aromatic rings. The molecular weight excluding hydrogens is 208 g/mol. The van der Waals surface area contributed by atoms with Gasteiger partial charge in [0.15, 0.2) is 0 Å². The lowest BCUT2D eigenvalue weighted by Gasteiger charge is -2.10. The van der Waals surface area contributed by atoms with Crippen LogP contribution in [0.1, 0.15) is 57.7 Å². The fraction of sp³-hybridized carbons (Fsp3) is 0.625. The molecule has 0 aromatic heterocycles. The maximum atomic E-state index is 5.32. The minimum absolute atomic E-state index is 1.03. The third-order valence-corrected chi connectivity index (χ3v) is 2.08. The molecule has 0 aliphatic carbocycles. The number of hydrogen-bond acceptors (Lipinski definition) is 1. The van der Waals surface area contributed by atoms with Crippen LogP contribution in [0, 0.1) is 13.8 Å². The number of hydrogen-bond donors (Lipinski definition) is 0. The van der Waals surface area contributed by atoms with Crippen molar-refractivity contribution < 1.29 is 4.74 Å². The van der Waals surface area contributed by atoms with Gasteiger partial charge in [0.25, 0.3) is 0 Å². The minimum Gasteiger partial charge on any atom is -0.496 e. The van der Waals surface area contributed by atoms with Crippen LogP contribution in [0.4, 0.5) is 0 Å². The predicted octanol–water partition coefficient (Wildman–Crippen LogP) is 5.32. The number of methoxy groups -OCH3 is 1. The topological polar surface area (TPSA) is 9.23 Å². The quantitative estimate of drug-likeness (QED) is 0.678. The number of ether oxygens (including phenoxy) is 1.